The van der Waals surface area contributed by atoms with Crippen molar-refractivity contribution in [1.82, 2.24) is 0 Å². The van der Waals surface area contributed by atoms with Gasteiger partial charge in [-0.3, -0.25) is 0 Å². The molecule has 0 saturated carbocycles. The summed E-state index contributed by atoms with van der Waals surface area (Å²) in [6, 6.07) is 1.30. The predicted molar refractivity (Wildman–Crippen MR) is 40.2 cm³/mol. The lowest BCUT2D eigenvalue weighted by molar-refractivity contribution is 0.0690. The number of carboxylic acid groups (broad SMARTS) is 1. The van der Waals surface area contributed by atoms with Gasteiger partial charge in [0.2, 0.25) is 0 Å². The van der Waals surface area contributed by atoms with Gasteiger partial charge in [-0.1, -0.05) is 0 Å². The van der Waals surface area contributed by atoms with Crippen LogP contribution in [0.5, 0.6) is 0 Å². The molecule has 10 heavy (non-hydrogen) atoms. The summed E-state index contributed by atoms with van der Waals surface area (Å²) < 4.78 is 4.72. The molecule has 0 radical (unpaired) electrons. The monoisotopic (exact) mass is 176 g/mol. The van der Waals surface area contributed by atoms with Gasteiger partial charge in [0.25, 0.3) is 0 Å². The van der Waals surface area contributed by atoms with E-state index >= 15 is 0 Å². The number of thiol groups is 2. The molecule has 1 aromatic rings. The van der Waals surface area contributed by atoms with Gasteiger partial charge in [-0.15, -0.1) is 25.3 Å². The highest BCUT2D eigenvalue weighted by Crippen LogP contribution is 2.21. The molecule has 0 aliphatic heterocycles. The van der Waals surface area contributed by atoms with Crippen LogP contribution in [-0.4, -0.2) is 11.1 Å². The lowest BCUT2D eigenvalue weighted by Crippen LogP contribution is -1.93. The van der Waals surface area contributed by atoms with Crippen molar-refractivity contribution in [2.24, 2.45) is 0 Å². The molecule has 1 N–H and O–H groups in total. The Kier molecular flexibility index (Phi) is 1.96. The average molecular weight is 176 g/mol. The van der Waals surface area contributed by atoms with Gasteiger partial charge in [-0.2, -0.15) is 0 Å². The number of hydrogen-bond acceptors (Lipinski definition) is 4. The quantitative estimate of drug-likeness (QED) is 0.569. The molecule has 0 saturated heterocycles. The largest absolute Gasteiger partial charge is 0.478 e. The van der Waals surface area contributed by atoms with Gasteiger partial charge in [-0.05, 0) is 0 Å². The van der Waals surface area contributed by atoms with Gasteiger partial charge in [0.15, 0.2) is 10.2 Å². The van der Waals surface area contributed by atoms with E-state index in [-0.39, 0.29) is 15.7 Å². The van der Waals surface area contributed by atoms with E-state index in [9.17, 15) is 4.79 Å². The van der Waals surface area contributed by atoms with Gasteiger partial charge >= 0.3 is 5.97 Å². The highest BCUT2D eigenvalue weighted by Gasteiger charge is 2.11. The normalized spacial score (nSPS) is 9.80. The third-order valence-electron chi connectivity index (χ3n) is 0.930. The van der Waals surface area contributed by atoms with E-state index in [2.05, 4.69) is 25.3 Å². The van der Waals surface area contributed by atoms with Gasteiger partial charge < -0.3 is 9.52 Å². The van der Waals surface area contributed by atoms with E-state index in [1.54, 1.807) is 0 Å². The number of hydrogen-bond donors (Lipinski definition) is 3. The second kappa shape index (κ2) is 2.59. The Morgan fingerprint density at radius 2 is 2.20 bits per heavy atom. The molecular weight excluding hydrogens is 172 g/mol. The summed E-state index contributed by atoms with van der Waals surface area (Å²) in [6.07, 6.45) is 0. The third kappa shape index (κ3) is 1.30. The van der Waals surface area contributed by atoms with Crippen LogP contribution in [0.15, 0.2) is 20.7 Å². The van der Waals surface area contributed by atoms with E-state index in [0.717, 1.165) is 0 Å². The molecule has 0 spiro atoms. The Bertz CT molecular complexity index is 266. The smallest absolute Gasteiger partial charge is 0.340 e. The zero-order valence-corrected chi connectivity index (χ0v) is 6.52. The van der Waals surface area contributed by atoms with Crippen LogP contribution in [0.1, 0.15) is 10.4 Å². The molecule has 3 nitrogen and oxygen atoms in total. The summed E-state index contributed by atoms with van der Waals surface area (Å²) in [7, 11) is 0. The second-order valence-electron chi connectivity index (χ2n) is 1.61. The van der Waals surface area contributed by atoms with Crippen molar-refractivity contribution in [3.05, 3.63) is 11.6 Å². The summed E-state index contributed by atoms with van der Waals surface area (Å²) >= 11 is 7.55. The van der Waals surface area contributed by atoms with Crippen LogP contribution in [0.2, 0.25) is 0 Å². The zero-order valence-electron chi connectivity index (χ0n) is 4.74. The summed E-state index contributed by atoms with van der Waals surface area (Å²) in [5, 5.41) is 8.77. The fraction of sp³-hybridized carbons (Fsp3) is 0. The molecule has 0 atom stereocenters. The van der Waals surface area contributed by atoms with E-state index in [4.69, 9.17) is 9.52 Å². The molecule has 1 rings (SSSR count). The SMILES string of the molecule is O=C(O)c1cc(S)oc1S. The first-order chi connectivity index (χ1) is 4.61. The Hall–Kier alpha value is -0.550. The zero-order chi connectivity index (χ0) is 7.72. The summed E-state index contributed by atoms with van der Waals surface area (Å²) in [4.78, 5) is 10.3. The molecule has 0 aromatic carbocycles. The molecule has 0 unspecified atom stereocenters. The first-order valence-corrected chi connectivity index (χ1v) is 3.25. The summed E-state index contributed by atoms with van der Waals surface area (Å²) in [6.45, 7) is 0. The summed E-state index contributed by atoms with van der Waals surface area (Å²) in [5.74, 6) is -1.06. The molecule has 5 heteroatoms. The van der Waals surface area contributed by atoms with Crippen LogP contribution in [0, 0.1) is 0 Å². The fourth-order valence-corrected chi connectivity index (χ4v) is 1.07. The minimum atomic E-state index is -1.06. The molecule has 0 fully saturated rings. The van der Waals surface area contributed by atoms with Crippen molar-refractivity contribution < 1.29 is 14.3 Å². The maximum absolute atomic E-state index is 10.3. The number of aromatic carboxylic acids is 1. The standard InChI is InChI=1S/C5H4O3S2/c6-4(7)2-1-3(9)8-5(2)10/h1,9-10H,(H,6,7). The van der Waals surface area contributed by atoms with Crippen LogP contribution in [0.3, 0.4) is 0 Å². The molecule has 0 bridgehead atoms. The highest BCUT2D eigenvalue weighted by atomic mass is 32.1. The van der Waals surface area contributed by atoms with Crippen LogP contribution in [0.4, 0.5) is 0 Å². The Labute approximate surface area is 67.9 Å². The van der Waals surface area contributed by atoms with Crippen molar-refractivity contribution in [3.8, 4) is 0 Å². The number of carboxylic acids is 1. The minimum absolute atomic E-state index is 0.0355. The fourth-order valence-electron chi connectivity index (χ4n) is 0.522. The molecule has 0 aliphatic rings. The lowest BCUT2D eigenvalue weighted by Gasteiger charge is -1.84. The second-order valence-corrected chi connectivity index (χ2v) is 2.46. The number of furan rings is 1. The van der Waals surface area contributed by atoms with Crippen molar-refractivity contribution in [3.63, 3.8) is 0 Å². The van der Waals surface area contributed by atoms with E-state index in [1.807, 2.05) is 0 Å². The molecular formula is C5H4O3S2. The number of rotatable bonds is 1. The van der Waals surface area contributed by atoms with Crippen molar-refractivity contribution >= 4 is 31.2 Å². The first kappa shape index (κ1) is 7.56. The van der Waals surface area contributed by atoms with Crippen LogP contribution >= 0.6 is 25.3 Å². The lowest BCUT2D eigenvalue weighted by atomic mass is 10.3. The average Bonchev–Trinajstić information content (AvgIpc) is 2.10. The van der Waals surface area contributed by atoms with Gasteiger partial charge in [0.1, 0.15) is 5.56 Å². The van der Waals surface area contributed by atoms with Crippen LogP contribution in [0.25, 0.3) is 0 Å². The molecule has 1 aromatic heterocycles. The highest BCUT2D eigenvalue weighted by molar-refractivity contribution is 7.80. The maximum Gasteiger partial charge on any atom is 0.340 e. The molecule has 54 valence electrons. The van der Waals surface area contributed by atoms with E-state index in [1.165, 1.54) is 6.07 Å². The van der Waals surface area contributed by atoms with Crippen molar-refractivity contribution in [2.75, 3.05) is 0 Å². The number of carbonyl (C=O) groups is 1. The van der Waals surface area contributed by atoms with Crippen molar-refractivity contribution in [2.45, 2.75) is 10.2 Å². The van der Waals surface area contributed by atoms with Gasteiger partial charge in [0.05, 0.1) is 0 Å². The Morgan fingerprint density at radius 3 is 2.40 bits per heavy atom. The first-order valence-electron chi connectivity index (χ1n) is 2.36. The van der Waals surface area contributed by atoms with E-state index < -0.39 is 5.97 Å². The molecule has 0 aliphatic carbocycles. The van der Waals surface area contributed by atoms with Gasteiger partial charge in [-0.25, -0.2) is 4.79 Å². The molecule has 0 amide bonds. The minimum Gasteiger partial charge on any atom is -0.478 e. The van der Waals surface area contributed by atoms with Crippen LogP contribution < -0.4 is 0 Å². The topological polar surface area (TPSA) is 50.4 Å². The maximum atomic E-state index is 10.3. The summed E-state index contributed by atoms with van der Waals surface area (Å²) in [5.41, 5.74) is 0.0355. The third-order valence-corrected chi connectivity index (χ3v) is 1.48. The van der Waals surface area contributed by atoms with E-state index in [0.29, 0.717) is 0 Å². The Morgan fingerprint density at radius 1 is 1.60 bits per heavy atom. The van der Waals surface area contributed by atoms with Crippen molar-refractivity contribution in [1.29, 1.82) is 0 Å². The van der Waals surface area contributed by atoms with Crippen LogP contribution in [-0.2, 0) is 0 Å². The molecule has 1 heterocycles. The van der Waals surface area contributed by atoms with Gasteiger partial charge in [0, 0.05) is 6.07 Å². The Balaban J connectivity index is 3.15. The predicted octanol–water partition coefficient (Wildman–Crippen LogP) is 1.56.